The summed E-state index contributed by atoms with van der Waals surface area (Å²) in [6, 6.07) is 5.80. The van der Waals surface area contributed by atoms with Gasteiger partial charge in [0.25, 0.3) is 5.88 Å². The van der Waals surface area contributed by atoms with Crippen molar-refractivity contribution in [2.24, 2.45) is 0 Å². The third kappa shape index (κ3) is 6.75. The van der Waals surface area contributed by atoms with E-state index in [0.717, 1.165) is 24.5 Å². The maximum absolute atomic E-state index is 14.5. The van der Waals surface area contributed by atoms with Crippen molar-refractivity contribution in [2.75, 3.05) is 19.7 Å². The topological polar surface area (TPSA) is 120 Å². The van der Waals surface area contributed by atoms with Crippen LogP contribution in [0.1, 0.15) is 48.2 Å². The minimum absolute atomic E-state index is 0.0187. The van der Waals surface area contributed by atoms with E-state index in [0.29, 0.717) is 68.2 Å². The van der Waals surface area contributed by atoms with Crippen LogP contribution in [-0.4, -0.2) is 70.4 Å². The second-order valence-electron chi connectivity index (χ2n) is 11.5. The van der Waals surface area contributed by atoms with Gasteiger partial charge in [0, 0.05) is 34.9 Å². The number of H-pyrrole nitrogens is 1. The number of pyridine rings is 1. The first-order valence-corrected chi connectivity index (χ1v) is 15.3. The van der Waals surface area contributed by atoms with Gasteiger partial charge in [-0.25, -0.2) is 19.3 Å². The van der Waals surface area contributed by atoms with Crippen LogP contribution < -0.4 is 4.74 Å². The highest BCUT2D eigenvalue weighted by molar-refractivity contribution is 6.30. The summed E-state index contributed by atoms with van der Waals surface area (Å²) < 4.78 is 81.0. The van der Waals surface area contributed by atoms with Crippen LogP contribution in [0.15, 0.2) is 36.7 Å². The highest BCUT2D eigenvalue weighted by Crippen LogP contribution is 2.31. The molecule has 2 aliphatic rings. The number of aromatic amines is 1. The number of nitrogens with one attached hydrogen (secondary N) is 1. The fraction of sp³-hybridized carbons (Fsp3) is 0.400. The first-order chi connectivity index (χ1) is 22.6. The van der Waals surface area contributed by atoms with E-state index in [9.17, 15) is 22.0 Å². The number of likely N-dealkylation sites (tertiary alicyclic amines) is 1. The molecule has 17 heteroatoms. The van der Waals surface area contributed by atoms with Crippen molar-refractivity contribution in [1.82, 2.24) is 44.6 Å². The molecule has 0 bridgehead atoms. The zero-order chi connectivity index (χ0) is 32.7. The third-order valence-electron chi connectivity index (χ3n) is 8.30. The van der Waals surface area contributed by atoms with Crippen molar-refractivity contribution >= 4 is 22.8 Å². The first kappa shape index (κ1) is 31.3. The van der Waals surface area contributed by atoms with Crippen LogP contribution in [-0.2, 0) is 30.6 Å². The van der Waals surface area contributed by atoms with E-state index in [2.05, 4.69) is 35.0 Å². The Morgan fingerprint density at radius 2 is 1.81 bits per heavy atom. The minimum atomic E-state index is -4.65. The number of rotatable bonds is 9. The molecule has 2 fully saturated rings. The first-order valence-electron chi connectivity index (χ1n) is 14.9. The summed E-state index contributed by atoms with van der Waals surface area (Å²) in [5.74, 6) is -1.63. The number of halogens is 6. The monoisotopic (exact) mass is 675 g/mol. The molecule has 0 radical (unpaired) electrons. The van der Waals surface area contributed by atoms with E-state index in [1.807, 2.05) is 4.57 Å². The van der Waals surface area contributed by atoms with Crippen molar-refractivity contribution in [3.8, 4) is 17.3 Å². The number of benzene rings is 1. The Morgan fingerprint density at radius 1 is 1.00 bits per heavy atom. The largest absolute Gasteiger partial charge is 0.471 e. The quantitative estimate of drug-likeness (QED) is 0.196. The lowest BCUT2D eigenvalue weighted by atomic mass is 9.96. The molecule has 1 unspecified atom stereocenters. The number of imidazole rings is 1. The Labute approximate surface area is 269 Å². The number of ether oxygens (including phenoxy) is 2. The van der Waals surface area contributed by atoms with E-state index in [1.54, 1.807) is 6.07 Å². The molecule has 1 atom stereocenters. The molecule has 0 spiro atoms. The van der Waals surface area contributed by atoms with Gasteiger partial charge in [-0.1, -0.05) is 17.7 Å². The van der Waals surface area contributed by atoms with Gasteiger partial charge < -0.3 is 19.0 Å². The Hall–Kier alpha value is -4.28. The van der Waals surface area contributed by atoms with Crippen molar-refractivity contribution in [3.63, 3.8) is 0 Å². The fourth-order valence-corrected chi connectivity index (χ4v) is 5.81. The SMILES string of the molecule is Fc1cc(Cl)ccc1COc1nc(C2CCN(Cc3nc4cc(-c5nnc(C(F)(F)F)[nH]5)cnc4n3CC3CCO3)CC2)ncc1F. The van der Waals surface area contributed by atoms with Crippen molar-refractivity contribution in [2.45, 2.75) is 57.2 Å². The molecule has 6 heterocycles. The second-order valence-corrected chi connectivity index (χ2v) is 11.9. The predicted molar refractivity (Wildman–Crippen MR) is 157 cm³/mol. The summed E-state index contributed by atoms with van der Waals surface area (Å²) in [4.78, 5) is 22.3. The second kappa shape index (κ2) is 12.7. The molecule has 11 nitrogen and oxygen atoms in total. The van der Waals surface area contributed by atoms with Crippen molar-refractivity contribution in [1.29, 1.82) is 0 Å². The van der Waals surface area contributed by atoms with Crippen LogP contribution in [0.3, 0.4) is 0 Å². The molecular formula is C30H27ClF5N9O2. The van der Waals surface area contributed by atoms with Crippen molar-refractivity contribution < 1.29 is 31.4 Å². The van der Waals surface area contributed by atoms with E-state index in [-0.39, 0.29) is 40.9 Å². The lowest BCUT2D eigenvalue weighted by Crippen LogP contribution is -2.35. The number of nitrogens with zero attached hydrogens (tertiary/aromatic N) is 8. The summed E-state index contributed by atoms with van der Waals surface area (Å²) in [6.45, 7) is 2.86. The van der Waals surface area contributed by atoms with Gasteiger partial charge in [-0.2, -0.15) is 22.5 Å². The Bertz CT molecular complexity index is 1900. The minimum Gasteiger partial charge on any atom is -0.471 e. The predicted octanol–water partition coefficient (Wildman–Crippen LogP) is 5.70. The van der Waals surface area contributed by atoms with E-state index < -0.39 is 23.6 Å². The number of aromatic nitrogens is 8. The van der Waals surface area contributed by atoms with Gasteiger partial charge >= 0.3 is 6.18 Å². The molecule has 0 saturated carbocycles. The highest BCUT2D eigenvalue weighted by atomic mass is 35.5. The maximum Gasteiger partial charge on any atom is 0.451 e. The summed E-state index contributed by atoms with van der Waals surface area (Å²) in [5.41, 5.74) is 1.66. The number of hydrogen-bond donors (Lipinski definition) is 1. The van der Waals surface area contributed by atoms with E-state index in [4.69, 9.17) is 26.1 Å². The molecule has 1 N–H and O–H groups in total. The number of hydrogen-bond acceptors (Lipinski definition) is 9. The smallest absolute Gasteiger partial charge is 0.451 e. The Morgan fingerprint density at radius 3 is 2.51 bits per heavy atom. The summed E-state index contributed by atoms with van der Waals surface area (Å²) in [7, 11) is 0. The zero-order valence-electron chi connectivity index (χ0n) is 24.6. The van der Waals surface area contributed by atoms with Gasteiger partial charge in [0.15, 0.2) is 11.5 Å². The van der Waals surface area contributed by atoms with Crippen LogP contribution in [0.4, 0.5) is 22.0 Å². The molecular weight excluding hydrogens is 649 g/mol. The summed E-state index contributed by atoms with van der Waals surface area (Å²) >= 11 is 5.80. The Kier molecular flexibility index (Phi) is 8.48. The van der Waals surface area contributed by atoms with Crippen LogP contribution >= 0.6 is 11.6 Å². The average Bonchev–Trinajstić information content (AvgIpc) is 3.65. The average molecular weight is 676 g/mol. The number of fused-ring (bicyclic) bond motifs is 1. The van der Waals surface area contributed by atoms with Crippen molar-refractivity contribution in [3.05, 3.63) is 76.4 Å². The molecule has 7 rings (SSSR count). The zero-order valence-corrected chi connectivity index (χ0v) is 25.4. The molecule has 2 aliphatic heterocycles. The van der Waals surface area contributed by atoms with Gasteiger partial charge in [-0.15, -0.1) is 10.2 Å². The number of piperidine rings is 1. The van der Waals surface area contributed by atoms with Gasteiger partial charge in [0.1, 0.15) is 29.6 Å². The third-order valence-corrected chi connectivity index (χ3v) is 8.54. The highest BCUT2D eigenvalue weighted by Gasteiger charge is 2.35. The molecule has 246 valence electrons. The van der Waals surface area contributed by atoms with Gasteiger partial charge in [0.05, 0.1) is 25.4 Å². The van der Waals surface area contributed by atoms with E-state index >= 15 is 0 Å². The standard InChI is InChI=1S/C30H27ClF5N9O2/c31-19-2-1-17(21(32)10-19)15-47-28-22(33)12-37-25(40-28)16-3-6-44(7-4-16)14-24-39-23-9-18(26-41-29(43-42-26)30(34,35)36)11-38-27(23)45(24)13-20-5-8-46-20/h1-2,9-12,16,20H,3-8,13-15H2,(H,41,42,43). The van der Waals surface area contributed by atoms with Crippen LogP contribution in [0.25, 0.3) is 22.6 Å². The molecule has 4 aromatic heterocycles. The summed E-state index contributed by atoms with van der Waals surface area (Å²) in [6.07, 6.45) is 0.174. The molecule has 0 aliphatic carbocycles. The molecule has 1 aromatic carbocycles. The lowest BCUT2D eigenvalue weighted by Gasteiger charge is -2.32. The van der Waals surface area contributed by atoms with Gasteiger partial charge in [0.2, 0.25) is 11.6 Å². The van der Waals surface area contributed by atoms with Crippen LogP contribution in [0, 0.1) is 11.6 Å². The van der Waals surface area contributed by atoms with Crippen LogP contribution in [0.2, 0.25) is 5.02 Å². The van der Waals surface area contributed by atoms with Crippen LogP contribution in [0.5, 0.6) is 5.88 Å². The summed E-state index contributed by atoms with van der Waals surface area (Å²) in [5, 5.41) is 7.09. The molecule has 47 heavy (non-hydrogen) atoms. The molecule has 2 saturated heterocycles. The van der Waals surface area contributed by atoms with Gasteiger partial charge in [-0.3, -0.25) is 4.90 Å². The Balaban J connectivity index is 1.04. The van der Waals surface area contributed by atoms with Gasteiger partial charge in [-0.05, 0) is 50.6 Å². The van der Waals surface area contributed by atoms with E-state index in [1.165, 1.54) is 18.3 Å². The molecule has 5 aromatic rings. The molecule has 0 amide bonds. The normalized spacial score (nSPS) is 17.7. The maximum atomic E-state index is 14.5. The number of alkyl halides is 3. The fourth-order valence-electron chi connectivity index (χ4n) is 5.65. The lowest BCUT2D eigenvalue weighted by molar-refractivity contribution is -0.144.